The van der Waals surface area contributed by atoms with Crippen molar-refractivity contribution < 1.29 is 4.79 Å². The fourth-order valence-corrected chi connectivity index (χ4v) is 4.08. The van der Waals surface area contributed by atoms with Crippen LogP contribution in [0.4, 0.5) is 0 Å². The Labute approximate surface area is 138 Å². The molecule has 6 heteroatoms. The number of hydrogen-bond acceptors (Lipinski definition) is 3. The highest BCUT2D eigenvalue weighted by molar-refractivity contribution is 5.85. The lowest BCUT2D eigenvalue weighted by atomic mass is 9.65. The first kappa shape index (κ1) is 17.3. The van der Waals surface area contributed by atoms with E-state index in [4.69, 9.17) is 5.73 Å². The number of hydrogen-bond donors (Lipinski definition) is 2. The number of carbonyl (C=O) groups is 1. The van der Waals surface area contributed by atoms with Gasteiger partial charge in [0.1, 0.15) is 0 Å². The van der Waals surface area contributed by atoms with E-state index in [0.717, 1.165) is 19.3 Å². The van der Waals surface area contributed by atoms with Crippen LogP contribution < -0.4 is 11.1 Å². The van der Waals surface area contributed by atoms with Crippen molar-refractivity contribution >= 4 is 18.3 Å². The third-order valence-corrected chi connectivity index (χ3v) is 5.26. The van der Waals surface area contributed by atoms with Gasteiger partial charge in [0.2, 0.25) is 5.91 Å². The third kappa shape index (κ3) is 3.82. The minimum Gasteiger partial charge on any atom is -0.356 e. The lowest BCUT2D eigenvalue weighted by Crippen LogP contribution is -2.49. The molecule has 2 saturated carbocycles. The third-order valence-electron chi connectivity index (χ3n) is 5.26. The number of carbonyl (C=O) groups excluding carboxylic acids is 1. The summed E-state index contributed by atoms with van der Waals surface area (Å²) in [6.45, 7) is 0.697. The second-order valence-electron chi connectivity index (χ2n) is 6.76. The van der Waals surface area contributed by atoms with Crippen molar-refractivity contribution in [3.8, 4) is 0 Å². The highest BCUT2D eigenvalue weighted by Crippen LogP contribution is 2.41. The second-order valence-corrected chi connectivity index (χ2v) is 6.76. The van der Waals surface area contributed by atoms with E-state index in [1.165, 1.54) is 24.8 Å². The van der Waals surface area contributed by atoms with E-state index in [0.29, 0.717) is 24.4 Å². The number of fused-ring (bicyclic) bond motifs is 2. The lowest BCUT2D eigenvalue weighted by molar-refractivity contribution is -0.127. The highest BCUT2D eigenvalue weighted by atomic mass is 35.5. The molecule has 3 N–H and O–H groups in total. The van der Waals surface area contributed by atoms with E-state index in [2.05, 4.69) is 10.4 Å². The number of nitrogens with zero attached hydrogens (tertiary/aromatic N) is 2. The Kier molecular flexibility index (Phi) is 5.87. The molecule has 2 atom stereocenters. The minimum atomic E-state index is 0. The van der Waals surface area contributed by atoms with Gasteiger partial charge in [-0.05, 0) is 49.5 Å². The number of rotatable bonds is 4. The molecule has 124 valence electrons. The molecule has 5 nitrogen and oxygen atoms in total. The number of halogens is 1. The molecule has 22 heavy (non-hydrogen) atoms. The SMILES string of the molecule is Cl.Cn1cc(CCNC(=O)C2CC3CCCC(C2)C3N)cn1. The van der Waals surface area contributed by atoms with Gasteiger partial charge in [-0.3, -0.25) is 9.48 Å². The summed E-state index contributed by atoms with van der Waals surface area (Å²) in [5, 5.41) is 7.24. The molecular formula is C16H27ClN4O. The summed E-state index contributed by atoms with van der Waals surface area (Å²) >= 11 is 0. The van der Waals surface area contributed by atoms with Crippen LogP contribution in [0.15, 0.2) is 12.4 Å². The van der Waals surface area contributed by atoms with Crippen molar-refractivity contribution in [1.29, 1.82) is 0 Å². The van der Waals surface area contributed by atoms with E-state index in [1.54, 1.807) is 4.68 Å². The normalized spacial score (nSPS) is 30.5. The first-order valence-corrected chi connectivity index (χ1v) is 8.14. The van der Waals surface area contributed by atoms with E-state index in [9.17, 15) is 4.79 Å². The zero-order chi connectivity index (χ0) is 14.8. The predicted octanol–water partition coefficient (Wildman–Crippen LogP) is 1.65. The molecule has 0 spiro atoms. The minimum absolute atomic E-state index is 0. The van der Waals surface area contributed by atoms with E-state index in [1.807, 2.05) is 19.4 Å². The molecule has 2 bridgehead atoms. The van der Waals surface area contributed by atoms with Crippen molar-refractivity contribution in [2.45, 2.75) is 44.6 Å². The second kappa shape index (κ2) is 7.47. The van der Waals surface area contributed by atoms with Crippen molar-refractivity contribution in [2.24, 2.45) is 30.5 Å². The maximum atomic E-state index is 12.4. The van der Waals surface area contributed by atoms with Crippen molar-refractivity contribution in [1.82, 2.24) is 15.1 Å². The summed E-state index contributed by atoms with van der Waals surface area (Å²) in [5.41, 5.74) is 7.45. The fraction of sp³-hybridized carbons (Fsp3) is 0.750. The van der Waals surface area contributed by atoms with Gasteiger partial charge in [0, 0.05) is 31.7 Å². The average Bonchev–Trinajstić information content (AvgIpc) is 2.84. The Balaban J connectivity index is 0.00000176. The van der Waals surface area contributed by atoms with Crippen LogP contribution in [0.1, 0.15) is 37.7 Å². The molecular weight excluding hydrogens is 300 g/mol. The quantitative estimate of drug-likeness (QED) is 0.883. The van der Waals surface area contributed by atoms with Gasteiger partial charge in [-0.2, -0.15) is 5.10 Å². The Morgan fingerprint density at radius 3 is 2.68 bits per heavy atom. The van der Waals surface area contributed by atoms with Crippen molar-refractivity contribution in [2.75, 3.05) is 6.54 Å². The molecule has 2 unspecified atom stereocenters. The molecule has 1 amide bonds. The van der Waals surface area contributed by atoms with Gasteiger partial charge in [-0.25, -0.2) is 0 Å². The molecule has 0 saturated heterocycles. The molecule has 3 rings (SSSR count). The summed E-state index contributed by atoms with van der Waals surface area (Å²) in [4.78, 5) is 12.4. The summed E-state index contributed by atoms with van der Waals surface area (Å²) in [7, 11) is 1.91. The molecule has 0 radical (unpaired) electrons. The van der Waals surface area contributed by atoms with Gasteiger partial charge in [0.15, 0.2) is 0 Å². The van der Waals surface area contributed by atoms with Crippen LogP contribution in [0.25, 0.3) is 0 Å². The Morgan fingerprint density at radius 2 is 2.09 bits per heavy atom. The van der Waals surface area contributed by atoms with Gasteiger partial charge >= 0.3 is 0 Å². The average molecular weight is 327 g/mol. The first-order valence-electron chi connectivity index (χ1n) is 8.14. The Bertz CT molecular complexity index is 490. The van der Waals surface area contributed by atoms with Crippen LogP contribution in [0.5, 0.6) is 0 Å². The van der Waals surface area contributed by atoms with E-state index in [-0.39, 0.29) is 24.2 Å². The predicted molar refractivity (Wildman–Crippen MR) is 88.7 cm³/mol. The summed E-state index contributed by atoms with van der Waals surface area (Å²) < 4.78 is 1.79. The Morgan fingerprint density at radius 1 is 1.41 bits per heavy atom. The molecule has 1 aromatic rings. The number of aryl methyl sites for hydroxylation is 1. The first-order chi connectivity index (χ1) is 10.1. The van der Waals surface area contributed by atoms with Crippen LogP contribution in [-0.4, -0.2) is 28.3 Å². The molecule has 0 aliphatic heterocycles. The smallest absolute Gasteiger partial charge is 0.223 e. The summed E-state index contributed by atoms with van der Waals surface area (Å²) in [6.07, 6.45) is 10.4. The fourth-order valence-electron chi connectivity index (χ4n) is 4.08. The molecule has 2 aliphatic carbocycles. The van der Waals surface area contributed by atoms with Gasteiger partial charge in [0.25, 0.3) is 0 Å². The van der Waals surface area contributed by atoms with Gasteiger partial charge in [-0.1, -0.05) is 6.42 Å². The van der Waals surface area contributed by atoms with Crippen LogP contribution in [0.3, 0.4) is 0 Å². The Hall–Kier alpha value is -1.07. The summed E-state index contributed by atoms with van der Waals surface area (Å²) in [6, 6.07) is 0.332. The zero-order valence-corrected chi connectivity index (χ0v) is 14.0. The standard InChI is InChI=1S/C16H26N4O.ClH/c1-20-10-11(9-19-20)5-6-18-16(21)14-7-12-3-2-4-13(8-14)15(12)17;/h9-10,12-15H,2-8,17H2,1H3,(H,18,21);1H. The van der Waals surface area contributed by atoms with E-state index >= 15 is 0 Å². The molecule has 0 aromatic carbocycles. The van der Waals surface area contributed by atoms with Crippen LogP contribution in [-0.2, 0) is 18.3 Å². The van der Waals surface area contributed by atoms with Gasteiger partial charge in [-0.15, -0.1) is 12.4 Å². The van der Waals surface area contributed by atoms with Crippen molar-refractivity contribution in [3.05, 3.63) is 18.0 Å². The number of nitrogens with two attached hydrogens (primary N) is 1. The maximum absolute atomic E-state index is 12.4. The highest BCUT2D eigenvalue weighted by Gasteiger charge is 2.40. The van der Waals surface area contributed by atoms with Crippen LogP contribution >= 0.6 is 12.4 Å². The van der Waals surface area contributed by atoms with Crippen LogP contribution in [0.2, 0.25) is 0 Å². The number of amides is 1. The molecule has 1 heterocycles. The maximum Gasteiger partial charge on any atom is 0.223 e. The van der Waals surface area contributed by atoms with Crippen LogP contribution in [0, 0.1) is 17.8 Å². The van der Waals surface area contributed by atoms with Gasteiger partial charge < -0.3 is 11.1 Å². The monoisotopic (exact) mass is 326 g/mol. The summed E-state index contributed by atoms with van der Waals surface area (Å²) in [5.74, 6) is 1.52. The molecule has 2 aliphatic rings. The topological polar surface area (TPSA) is 72.9 Å². The van der Waals surface area contributed by atoms with E-state index < -0.39 is 0 Å². The lowest BCUT2D eigenvalue weighted by Gasteiger charge is -2.43. The number of nitrogens with one attached hydrogen (secondary N) is 1. The number of aromatic nitrogens is 2. The molecule has 1 aromatic heterocycles. The molecule has 2 fully saturated rings. The van der Waals surface area contributed by atoms with Gasteiger partial charge in [0.05, 0.1) is 6.20 Å². The van der Waals surface area contributed by atoms with Crippen molar-refractivity contribution in [3.63, 3.8) is 0 Å². The zero-order valence-electron chi connectivity index (χ0n) is 13.2. The largest absolute Gasteiger partial charge is 0.356 e.